The zero-order valence-electron chi connectivity index (χ0n) is 23.1. The summed E-state index contributed by atoms with van der Waals surface area (Å²) in [6, 6.07) is 42.2. The summed E-state index contributed by atoms with van der Waals surface area (Å²) in [6.45, 7) is 3.03. The molecule has 0 aliphatic carbocycles. The number of benzene rings is 5. The quantitative estimate of drug-likeness (QED) is 0.123. The maximum Gasteiger partial charge on any atom is 0.242 e. The lowest BCUT2D eigenvalue weighted by Gasteiger charge is -2.18. The fraction of sp³-hybridized carbons (Fsp3) is 0.0857. The number of aryl methyl sites for hydroxylation is 1. The van der Waals surface area contributed by atoms with Crippen LogP contribution >= 0.6 is 24.0 Å². The number of thiocarbonyl (C=S) groups is 1. The summed E-state index contributed by atoms with van der Waals surface area (Å²) >= 11 is 7.03. The standard InChI is InChI=1S/C35H30N4OS2/c1-2-39-31-19-10-9-18-29(31)30-23-27(20-21-32(30)39)36-34(40)33(24-12-5-3-6-13-24)42-28-17-11-16-26(22-28)38-35(41)37-25-14-7-4-8-15-25/h3-23,33H,2H2,1H3,(H,36,40)(H2,37,38,41). The van der Waals surface area contributed by atoms with Gasteiger partial charge in [-0.1, -0.05) is 72.8 Å². The van der Waals surface area contributed by atoms with E-state index in [-0.39, 0.29) is 5.91 Å². The molecule has 0 fully saturated rings. The van der Waals surface area contributed by atoms with Crippen molar-refractivity contribution in [3.05, 3.63) is 133 Å². The number of hydrogen-bond acceptors (Lipinski definition) is 3. The van der Waals surface area contributed by atoms with E-state index >= 15 is 0 Å². The zero-order valence-corrected chi connectivity index (χ0v) is 24.7. The molecule has 42 heavy (non-hydrogen) atoms. The van der Waals surface area contributed by atoms with Gasteiger partial charge in [-0.25, -0.2) is 0 Å². The third-order valence-electron chi connectivity index (χ3n) is 7.07. The minimum Gasteiger partial charge on any atom is -0.341 e. The van der Waals surface area contributed by atoms with Crippen molar-refractivity contribution in [2.24, 2.45) is 0 Å². The summed E-state index contributed by atoms with van der Waals surface area (Å²) in [5.41, 5.74) is 5.83. The van der Waals surface area contributed by atoms with Gasteiger partial charge in [-0.3, -0.25) is 4.79 Å². The minimum atomic E-state index is -0.455. The van der Waals surface area contributed by atoms with Crippen molar-refractivity contribution in [1.82, 2.24) is 4.57 Å². The molecule has 1 amide bonds. The number of carbonyl (C=O) groups excluding carboxylic acids is 1. The SMILES string of the molecule is CCn1c2ccccc2c2cc(NC(=O)C(Sc3cccc(NC(=S)Nc4ccccc4)c3)c3ccccc3)ccc21. The number of carbonyl (C=O) groups is 1. The second kappa shape index (κ2) is 12.5. The lowest BCUT2D eigenvalue weighted by molar-refractivity contribution is -0.115. The normalized spacial score (nSPS) is 11.7. The predicted octanol–water partition coefficient (Wildman–Crippen LogP) is 9.10. The number of aromatic nitrogens is 1. The van der Waals surface area contributed by atoms with E-state index in [9.17, 15) is 4.79 Å². The van der Waals surface area contributed by atoms with Gasteiger partial charge in [0.05, 0.1) is 0 Å². The van der Waals surface area contributed by atoms with Crippen LogP contribution < -0.4 is 16.0 Å². The number of amides is 1. The molecule has 1 atom stereocenters. The van der Waals surface area contributed by atoms with E-state index in [1.165, 1.54) is 22.7 Å². The fourth-order valence-corrected chi connectivity index (χ4v) is 6.50. The van der Waals surface area contributed by atoms with Gasteiger partial charge >= 0.3 is 0 Å². The molecule has 3 N–H and O–H groups in total. The van der Waals surface area contributed by atoms with Gasteiger partial charge in [0.15, 0.2) is 5.11 Å². The van der Waals surface area contributed by atoms with Gasteiger partial charge < -0.3 is 20.5 Å². The predicted molar refractivity (Wildman–Crippen MR) is 182 cm³/mol. The Morgan fingerprint density at radius 2 is 1.33 bits per heavy atom. The van der Waals surface area contributed by atoms with E-state index in [0.717, 1.165) is 45.0 Å². The number of para-hydroxylation sites is 2. The monoisotopic (exact) mass is 586 g/mol. The smallest absolute Gasteiger partial charge is 0.242 e. The van der Waals surface area contributed by atoms with Crippen molar-refractivity contribution in [3.63, 3.8) is 0 Å². The number of fused-ring (bicyclic) bond motifs is 3. The summed E-state index contributed by atoms with van der Waals surface area (Å²) in [5, 5.41) is 12.0. The summed E-state index contributed by atoms with van der Waals surface area (Å²) in [5.74, 6) is -0.0793. The van der Waals surface area contributed by atoms with E-state index in [1.54, 1.807) is 0 Å². The second-order valence-electron chi connectivity index (χ2n) is 9.86. The third kappa shape index (κ3) is 6.03. The summed E-state index contributed by atoms with van der Waals surface area (Å²) in [4.78, 5) is 14.8. The second-order valence-corrected chi connectivity index (χ2v) is 11.5. The van der Waals surface area contributed by atoms with Crippen LogP contribution in [0.3, 0.4) is 0 Å². The summed E-state index contributed by atoms with van der Waals surface area (Å²) in [7, 11) is 0. The summed E-state index contributed by atoms with van der Waals surface area (Å²) < 4.78 is 2.31. The molecule has 0 saturated carbocycles. The highest BCUT2D eigenvalue weighted by Crippen LogP contribution is 2.38. The zero-order chi connectivity index (χ0) is 28.9. The number of thioether (sulfide) groups is 1. The van der Waals surface area contributed by atoms with Gasteiger partial charge in [0.2, 0.25) is 5.91 Å². The topological polar surface area (TPSA) is 58.1 Å². The first-order valence-corrected chi connectivity index (χ1v) is 15.1. The average molecular weight is 587 g/mol. The minimum absolute atomic E-state index is 0.0793. The molecule has 0 aliphatic heterocycles. The number of nitrogens with one attached hydrogen (secondary N) is 3. The van der Waals surface area contributed by atoms with Gasteiger partial charge in [-0.05, 0) is 79.3 Å². The van der Waals surface area contributed by atoms with Crippen LogP contribution in [0.25, 0.3) is 21.8 Å². The van der Waals surface area contributed by atoms with Crippen LogP contribution in [0.2, 0.25) is 0 Å². The van der Waals surface area contributed by atoms with Gasteiger partial charge in [0.1, 0.15) is 5.25 Å². The Labute approximate surface area is 255 Å². The molecule has 0 spiro atoms. The molecule has 5 nitrogen and oxygen atoms in total. The highest BCUT2D eigenvalue weighted by atomic mass is 32.2. The van der Waals surface area contributed by atoms with Crippen molar-refractivity contribution in [1.29, 1.82) is 0 Å². The van der Waals surface area contributed by atoms with E-state index in [1.807, 2.05) is 91.0 Å². The van der Waals surface area contributed by atoms with Crippen molar-refractivity contribution < 1.29 is 4.79 Å². The Balaban J connectivity index is 1.24. The lowest BCUT2D eigenvalue weighted by atomic mass is 10.1. The Bertz CT molecular complexity index is 1870. The number of rotatable bonds is 8. The molecule has 208 valence electrons. The number of hydrogen-bond donors (Lipinski definition) is 3. The Kier molecular flexibility index (Phi) is 8.21. The molecule has 7 heteroatoms. The van der Waals surface area contributed by atoms with E-state index in [0.29, 0.717) is 5.11 Å². The lowest BCUT2D eigenvalue weighted by Crippen LogP contribution is -2.19. The van der Waals surface area contributed by atoms with Gasteiger partial charge in [0, 0.05) is 50.3 Å². The highest BCUT2D eigenvalue weighted by Gasteiger charge is 2.23. The Morgan fingerprint density at radius 3 is 2.12 bits per heavy atom. The fourth-order valence-electron chi connectivity index (χ4n) is 5.18. The number of nitrogens with zero attached hydrogens (tertiary/aromatic N) is 1. The van der Waals surface area contributed by atoms with E-state index < -0.39 is 5.25 Å². The van der Waals surface area contributed by atoms with Crippen LogP contribution in [-0.2, 0) is 11.3 Å². The molecule has 6 aromatic rings. The molecule has 1 unspecified atom stereocenters. The Hall–Kier alpha value is -4.59. The molecule has 0 saturated heterocycles. The van der Waals surface area contributed by atoms with Crippen LogP contribution in [0.4, 0.5) is 17.1 Å². The van der Waals surface area contributed by atoms with Crippen molar-refractivity contribution in [3.8, 4) is 0 Å². The average Bonchev–Trinajstić information content (AvgIpc) is 3.34. The van der Waals surface area contributed by atoms with Crippen LogP contribution in [0, 0.1) is 0 Å². The van der Waals surface area contributed by atoms with Gasteiger partial charge in [0.25, 0.3) is 0 Å². The van der Waals surface area contributed by atoms with Gasteiger partial charge in [-0.2, -0.15) is 0 Å². The Morgan fingerprint density at radius 1 is 0.690 bits per heavy atom. The highest BCUT2D eigenvalue weighted by molar-refractivity contribution is 8.00. The molecule has 5 aromatic carbocycles. The number of anilines is 3. The maximum atomic E-state index is 13.9. The molecule has 0 aliphatic rings. The summed E-state index contributed by atoms with van der Waals surface area (Å²) in [6.07, 6.45) is 0. The molecule has 6 rings (SSSR count). The van der Waals surface area contributed by atoms with Crippen LogP contribution in [0.15, 0.2) is 132 Å². The molecule has 1 aromatic heterocycles. The third-order valence-corrected chi connectivity index (χ3v) is 8.53. The van der Waals surface area contributed by atoms with Crippen LogP contribution in [-0.4, -0.2) is 15.6 Å². The molecule has 0 radical (unpaired) electrons. The van der Waals surface area contributed by atoms with Crippen molar-refractivity contribution in [2.45, 2.75) is 23.6 Å². The van der Waals surface area contributed by atoms with Crippen molar-refractivity contribution in [2.75, 3.05) is 16.0 Å². The first kappa shape index (κ1) is 27.6. The van der Waals surface area contributed by atoms with Crippen LogP contribution in [0.5, 0.6) is 0 Å². The van der Waals surface area contributed by atoms with E-state index in [2.05, 4.69) is 63.8 Å². The maximum absolute atomic E-state index is 13.9. The first-order chi connectivity index (χ1) is 20.6. The largest absolute Gasteiger partial charge is 0.341 e. The van der Waals surface area contributed by atoms with Crippen molar-refractivity contribution >= 4 is 73.9 Å². The molecular formula is C35H30N4OS2. The molecule has 0 bridgehead atoms. The van der Waals surface area contributed by atoms with Gasteiger partial charge in [-0.15, -0.1) is 11.8 Å². The first-order valence-electron chi connectivity index (χ1n) is 13.9. The van der Waals surface area contributed by atoms with E-state index in [4.69, 9.17) is 12.2 Å². The molecular weight excluding hydrogens is 557 g/mol. The van der Waals surface area contributed by atoms with Crippen LogP contribution in [0.1, 0.15) is 17.7 Å². The molecule has 1 heterocycles.